The SMILES string of the molecule is CC(=O)c1cc(C(C)=O)c(C(F)(F)F)o1. The molecule has 3 nitrogen and oxygen atoms in total. The average Bonchev–Trinajstić information content (AvgIpc) is 2.45. The Labute approximate surface area is 82.9 Å². The number of rotatable bonds is 2. The van der Waals surface area contributed by atoms with E-state index in [0.717, 1.165) is 19.9 Å². The Bertz CT molecular complexity index is 415. The smallest absolute Gasteiger partial charge is 0.448 e. The Hall–Kier alpha value is -1.59. The molecule has 0 spiro atoms. The standard InChI is InChI=1S/C9H7F3O3/c1-4(13)6-3-7(5(2)14)15-8(6)9(10,11)12/h3H,1-2H3. The Morgan fingerprint density at radius 3 is 2.00 bits per heavy atom. The molecule has 0 bridgehead atoms. The van der Waals surface area contributed by atoms with Crippen LogP contribution < -0.4 is 0 Å². The molecule has 82 valence electrons. The van der Waals surface area contributed by atoms with Gasteiger partial charge >= 0.3 is 6.18 Å². The summed E-state index contributed by atoms with van der Waals surface area (Å²) < 4.78 is 41.3. The first kappa shape index (κ1) is 11.5. The van der Waals surface area contributed by atoms with Crippen LogP contribution in [0.15, 0.2) is 10.5 Å². The monoisotopic (exact) mass is 220 g/mol. The van der Waals surface area contributed by atoms with Gasteiger partial charge in [-0.15, -0.1) is 0 Å². The van der Waals surface area contributed by atoms with Gasteiger partial charge in [0, 0.05) is 6.92 Å². The van der Waals surface area contributed by atoms with Gasteiger partial charge in [-0.3, -0.25) is 9.59 Å². The molecule has 1 aromatic rings. The first-order valence-corrected chi connectivity index (χ1v) is 3.96. The highest BCUT2D eigenvalue weighted by Gasteiger charge is 2.39. The van der Waals surface area contributed by atoms with E-state index in [2.05, 4.69) is 4.42 Å². The Kier molecular flexibility index (Phi) is 2.70. The van der Waals surface area contributed by atoms with Gasteiger partial charge in [0.15, 0.2) is 17.3 Å². The number of Topliss-reactive ketones (excluding diaryl/α,β-unsaturated/α-hetero) is 2. The molecule has 0 unspecified atom stereocenters. The molecule has 1 heterocycles. The highest BCUT2D eigenvalue weighted by Crippen LogP contribution is 2.34. The minimum atomic E-state index is -4.77. The average molecular weight is 220 g/mol. The molecule has 1 rings (SSSR count). The van der Waals surface area contributed by atoms with Crippen molar-refractivity contribution in [2.24, 2.45) is 0 Å². The van der Waals surface area contributed by atoms with Crippen LogP contribution in [0, 0.1) is 0 Å². The summed E-state index contributed by atoms with van der Waals surface area (Å²) in [6.07, 6.45) is -4.77. The number of hydrogen-bond donors (Lipinski definition) is 0. The number of ketones is 2. The molecule has 0 fully saturated rings. The van der Waals surface area contributed by atoms with Crippen molar-refractivity contribution in [3.63, 3.8) is 0 Å². The van der Waals surface area contributed by atoms with Crippen LogP contribution in [0.2, 0.25) is 0 Å². The van der Waals surface area contributed by atoms with Crippen molar-refractivity contribution in [1.82, 2.24) is 0 Å². The Morgan fingerprint density at radius 2 is 1.73 bits per heavy atom. The number of alkyl halides is 3. The molecule has 0 aliphatic heterocycles. The molecule has 0 aliphatic carbocycles. The lowest BCUT2D eigenvalue weighted by molar-refractivity contribution is -0.153. The molecule has 0 saturated heterocycles. The van der Waals surface area contributed by atoms with Crippen LogP contribution in [0.5, 0.6) is 0 Å². The zero-order chi connectivity index (χ0) is 11.8. The minimum Gasteiger partial charge on any atom is -0.448 e. The number of carbonyl (C=O) groups is 2. The van der Waals surface area contributed by atoms with E-state index >= 15 is 0 Å². The first-order chi connectivity index (χ1) is 6.73. The molecule has 0 radical (unpaired) electrons. The molecule has 0 N–H and O–H groups in total. The number of halogens is 3. The van der Waals surface area contributed by atoms with Gasteiger partial charge in [-0.1, -0.05) is 0 Å². The first-order valence-electron chi connectivity index (χ1n) is 3.96. The van der Waals surface area contributed by atoms with Crippen LogP contribution >= 0.6 is 0 Å². The second kappa shape index (κ2) is 3.52. The van der Waals surface area contributed by atoms with E-state index < -0.39 is 34.8 Å². The van der Waals surface area contributed by atoms with Gasteiger partial charge in [0.05, 0.1) is 5.56 Å². The van der Waals surface area contributed by atoms with Gasteiger partial charge in [-0.25, -0.2) is 0 Å². The quantitative estimate of drug-likeness (QED) is 0.720. The maximum Gasteiger partial charge on any atom is 0.450 e. The van der Waals surface area contributed by atoms with E-state index in [1.54, 1.807) is 0 Å². The van der Waals surface area contributed by atoms with Crippen molar-refractivity contribution in [3.8, 4) is 0 Å². The summed E-state index contributed by atoms with van der Waals surface area (Å²) in [5.41, 5.74) is -0.618. The molecule has 0 saturated carbocycles. The summed E-state index contributed by atoms with van der Waals surface area (Å²) in [5, 5.41) is 0. The molecule has 0 atom stereocenters. The Morgan fingerprint density at radius 1 is 1.20 bits per heavy atom. The van der Waals surface area contributed by atoms with Gasteiger partial charge in [0.2, 0.25) is 5.76 Å². The van der Waals surface area contributed by atoms with Crippen molar-refractivity contribution in [2.45, 2.75) is 20.0 Å². The van der Waals surface area contributed by atoms with Crippen LogP contribution in [-0.4, -0.2) is 11.6 Å². The van der Waals surface area contributed by atoms with Crippen LogP contribution in [0.4, 0.5) is 13.2 Å². The number of hydrogen-bond acceptors (Lipinski definition) is 3. The van der Waals surface area contributed by atoms with Crippen molar-refractivity contribution in [2.75, 3.05) is 0 Å². The topological polar surface area (TPSA) is 47.3 Å². The Balaban J connectivity index is 3.37. The fourth-order valence-electron chi connectivity index (χ4n) is 1.04. The summed E-state index contributed by atoms with van der Waals surface area (Å²) in [4.78, 5) is 21.7. The summed E-state index contributed by atoms with van der Waals surface area (Å²) >= 11 is 0. The third-order valence-corrected chi connectivity index (χ3v) is 1.72. The summed E-state index contributed by atoms with van der Waals surface area (Å²) in [5.74, 6) is -3.33. The third-order valence-electron chi connectivity index (χ3n) is 1.72. The van der Waals surface area contributed by atoms with Crippen LogP contribution in [-0.2, 0) is 6.18 Å². The van der Waals surface area contributed by atoms with Crippen molar-refractivity contribution < 1.29 is 27.2 Å². The van der Waals surface area contributed by atoms with E-state index in [-0.39, 0.29) is 0 Å². The van der Waals surface area contributed by atoms with Gasteiger partial charge in [0.1, 0.15) is 0 Å². The molecule has 1 aromatic heterocycles. The lowest BCUT2D eigenvalue weighted by atomic mass is 10.1. The maximum atomic E-state index is 12.3. The zero-order valence-corrected chi connectivity index (χ0v) is 7.94. The van der Waals surface area contributed by atoms with Crippen LogP contribution in [0.25, 0.3) is 0 Å². The highest BCUT2D eigenvalue weighted by molar-refractivity contribution is 5.99. The van der Waals surface area contributed by atoms with E-state index in [1.807, 2.05) is 0 Å². The van der Waals surface area contributed by atoms with Gasteiger partial charge in [-0.2, -0.15) is 13.2 Å². The normalized spacial score (nSPS) is 11.5. The number of carbonyl (C=O) groups excluding carboxylic acids is 2. The molecule has 6 heteroatoms. The van der Waals surface area contributed by atoms with Crippen molar-refractivity contribution >= 4 is 11.6 Å². The van der Waals surface area contributed by atoms with Gasteiger partial charge in [-0.05, 0) is 13.0 Å². The summed E-state index contributed by atoms with van der Waals surface area (Å²) in [6.45, 7) is 2.03. The summed E-state index contributed by atoms with van der Waals surface area (Å²) in [6, 6.07) is 0.813. The van der Waals surface area contributed by atoms with E-state index in [9.17, 15) is 22.8 Å². The zero-order valence-electron chi connectivity index (χ0n) is 7.94. The molecule has 0 aliphatic rings. The van der Waals surface area contributed by atoms with Crippen LogP contribution in [0.3, 0.4) is 0 Å². The number of furan rings is 1. The molecule has 0 amide bonds. The second-order valence-electron chi connectivity index (χ2n) is 2.96. The lowest BCUT2D eigenvalue weighted by Crippen LogP contribution is -2.08. The molecule has 15 heavy (non-hydrogen) atoms. The van der Waals surface area contributed by atoms with Gasteiger partial charge in [0.25, 0.3) is 0 Å². The minimum absolute atomic E-state index is 0.465. The third kappa shape index (κ3) is 2.26. The maximum absolute atomic E-state index is 12.3. The van der Waals surface area contributed by atoms with Gasteiger partial charge < -0.3 is 4.42 Å². The fourth-order valence-corrected chi connectivity index (χ4v) is 1.04. The fraction of sp³-hybridized carbons (Fsp3) is 0.333. The molecular formula is C9H7F3O3. The lowest BCUT2D eigenvalue weighted by Gasteiger charge is -2.03. The highest BCUT2D eigenvalue weighted by atomic mass is 19.4. The van der Waals surface area contributed by atoms with E-state index in [4.69, 9.17) is 0 Å². The largest absolute Gasteiger partial charge is 0.450 e. The predicted octanol–water partition coefficient (Wildman–Crippen LogP) is 2.70. The van der Waals surface area contributed by atoms with Crippen molar-refractivity contribution in [3.05, 3.63) is 23.2 Å². The van der Waals surface area contributed by atoms with E-state index in [0.29, 0.717) is 0 Å². The summed E-state index contributed by atoms with van der Waals surface area (Å²) in [7, 11) is 0. The second-order valence-corrected chi connectivity index (χ2v) is 2.96. The van der Waals surface area contributed by atoms with E-state index in [1.165, 1.54) is 0 Å². The van der Waals surface area contributed by atoms with Crippen LogP contribution in [0.1, 0.15) is 40.5 Å². The predicted molar refractivity (Wildman–Crippen MR) is 43.7 cm³/mol. The molecular weight excluding hydrogens is 213 g/mol. The van der Waals surface area contributed by atoms with Crippen molar-refractivity contribution in [1.29, 1.82) is 0 Å². The molecule has 0 aromatic carbocycles.